The summed E-state index contributed by atoms with van der Waals surface area (Å²) in [7, 11) is 0. The maximum absolute atomic E-state index is 9.74. The molecule has 2 aromatic rings. The van der Waals surface area contributed by atoms with E-state index in [-0.39, 0.29) is 5.88 Å². The third kappa shape index (κ3) is 2.24. The molecule has 3 nitrogen and oxygen atoms in total. The molecular weight excluding hydrogens is 200 g/mol. The summed E-state index contributed by atoms with van der Waals surface area (Å²) >= 11 is 0. The summed E-state index contributed by atoms with van der Waals surface area (Å²) in [6, 6.07) is 11.6. The first-order valence-corrected chi connectivity index (χ1v) is 5.49. The van der Waals surface area contributed by atoms with Crippen LogP contribution in [0.2, 0.25) is 0 Å². The van der Waals surface area contributed by atoms with Crippen LogP contribution in [0.5, 0.6) is 5.88 Å². The van der Waals surface area contributed by atoms with Gasteiger partial charge in [-0.3, -0.25) is 0 Å². The van der Waals surface area contributed by atoms with Gasteiger partial charge in [-0.15, -0.1) is 0 Å². The van der Waals surface area contributed by atoms with Gasteiger partial charge in [0, 0.05) is 18.2 Å². The lowest BCUT2D eigenvalue weighted by molar-refractivity contribution is 0.372. The lowest BCUT2D eigenvalue weighted by Crippen LogP contribution is -2.05. The summed E-state index contributed by atoms with van der Waals surface area (Å²) < 4.78 is 1.65. The molecule has 0 amide bonds. The summed E-state index contributed by atoms with van der Waals surface area (Å²) in [6.45, 7) is 4.94. The SMILES string of the molecule is CC(C)Cn1nc(-c2ccccc2)cc1O. The fourth-order valence-corrected chi connectivity index (χ4v) is 1.64. The normalized spacial score (nSPS) is 10.9. The van der Waals surface area contributed by atoms with Gasteiger partial charge in [-0.1, -0.05) is 44.2 Å². The standard InChI is InChI=1S/C13H16N2O/c1-10(2)9-15-13(16)8-12(14-15)11-6-4-3-5-7-11/h3-8,10,16H,9H2,1-2H3. The highest BCUT2D eigenvalue weighted by Crippen LogP contribution is 2.22. The minimum atomic E-state index is 0.229. The molecule has 0 unspecified atom stereocenters. The Hall–Kier alpha value is -1.77. The highest BCUT2D eigenvalue weighted by molar-refractivity contribution is 5.59. The molecule has 16 heavy (non-hydrogen) atoms. The zero-order valence-corrected chi connectivity index (χ0v) is 9.59. The summed E-state index contributed by atoms with van der Waals surface area (Å²) in [5, 5.41) is 14.1. The highest BCUT2D eigenvalue weighted by Gasteiger charge is 2.08. The van der Waals surface area contributed by atoms with Crippen molar-refractivity contribution in [3.05, 3.63) is 36.4 Å². The maximum atomic E-state index is 9.74. The van der Waals surface area contributed by atoms with E-state index in [9.17, 15) is 5.11 Å². The zero-order valence-electron chi connectivity index (χ0n) is 9.59. The Morgan fingerprint density at radius 2 is 1.94 bits per heavy atom. The van der Waals surface area contributed by atoms with Crippen LogP contribution in [0.15, 0.2) is 36.4 Å². The number of aromatic hydroxyl groups is 1. The fourth-order valence-electron chi connectivity index (χ4n) is 1.64. The molecule has 0 saturated heterocycles. The van der Waals surface area contributed by atoms with Gasteiger partial charge in [0.15, 0.2) is 0 Å². The Kier molecular flexibility index (Phi) is 2.95. The van der Waals surface area contributed by atoms with Gasteiger partial charge in [-0.2, -0.15) is 5.10 Å². The molecule has 2 rings (SSSR count). The van der Waals surface area contributed by atoms with E-state index in [0.717, 1.165) is 17.8 Å². The number of rotatable bonds is 3. The van der Waals surface area contributed by atoms with Crippen LogP contribution >= 0.6 is 0 Å². The van der Waals surface area contributed by atoms with Crippen LogP contribution in [0.1, 0.15) is 13.8 Å². The lowest BCUT2D eigenvalue weighted by Gasteiger charge is -2.05. The van der Waals surface area contributed by atoms with E-state index in [1.165, 1.54) is 0 Å². The Balaban J connectivity index is 2.31. The van der Waals surface area contributed by atoms with E-state index in [1.54, 1.807) is 10.7 Å². The molecule has 1 aromatic carbocycles. The number of hydrogen-bond donors (Lipinski definition) is 1. The van der Waals surface area contributed by atoms with Crippen molar-refractivity contribution in [1.82, 2.24) is 9.78 Å². The third-order valence-corrected chi connectivity index (χ3v) is 2.37. The van der Waals surface area contributed by atoms with E-state index in [0.29, 0.717) is 5.92 Å². The molecule has 1 aromatic heterocycles. The quantitative estimate of drug-likeness (QED) is 0.856. The first kappa shape index (κ1) is 10.7. The predicted molar refractivity (Wildman–Crippen MR) is 64.2 cm³/mol. The van der Waals surface area contributed by atoms with E-state index in [2.05, 4.69) is 18.9 Å². The van der Waals surface area contributed by atoms with Crippen molar-refractivity contribution in [2.45, 2.75) is 20.4 Å². The molecule has 0 fully saturated rings. The first-order valence-electron chi connectivity index (χ1n) is 5.49. The van der Waals surface area contributed by atoms with Gasteiger partial charge in [0.2, 0.25) is 5.88 Å². The molecule has 0 aliphatic carbocycles. The summed E-state index contributed by atoms with van der Waals surface area (Å²) in [4.78, 5) is 0. The van der Waals surface area contributed by atoms with Crippen LogP contribution in [0.3, 0.4) is 0 Å². The van der Waals surface area contributed by atoms with Crippen molar-refractivity contribution in [2.75, 3.05) is 0 Å². The van der Waals surface area contributed by atoms with E-state index in [1.807, 2.05) is 30.3 Å². The highest BCUT2D eigenvalue weighted by atomic mass is 16.3. The molecule has 1 N–H and O–H groups in total. The van der Waals surface area contributed by atoms with Crippen molar-refractivity contribution in [1.29, 1.82) is 0 Å². The minimum absolute atomic E-state index is 0.229. The molecule has 3 heteroatoms. The van der Waals surface area contributed by atoms with Crippen LogP contribution in [0.4, 0.5) is 0 Å². The molecule has 84 valence electrons. The van der Waals surface area contributed by atoms with Crippen LogP contribution in [-0.4, -0.2) is 14.9 Å². The Bertz CT molecular complexity index is 460. The predicted octanol–water partition coefficient (Wildman–Crippen LogP) is 2.91. The number of aromatic nitrogens is 2. The summed E-state index contributed by atoms with van der Waals surface area (Å²) in [5.74, 6) is 0.696. The second-order valence-corrected chi connectivity index (χ2v) is 4.33. The second kappa shape index (κ2) is 4.39. The Morgan fingerprint density at radius 3 is 2.56 bits per heavy atom. The van der Waals surface area contributed by atoms with Crippen molar-refractivity contribution >= 4 is 0 Å². The van der Waals surface area contributed by atoms with E-state index in [4.69, 9.17) is 0 Å². The molecule has 0 saturated carbocycles. The van der Waals surface area contributed by atoms with Crippen LogP contribution < -0.4 is 0 Å². The maximum Gasteiger partial charge on any atom is 0.209 e. The van der Waals surface area contributed by atoms with Crippen molar-refractivity contribution in [3.63, 3.8) is 0 Å². The van der Waals surface area contributed by atoms with Gasteiger partial charge >= 0.3 is 0 Å². The average molecular weight is 216 g/mol. The van der Waals surface area contributed by atoms with Crippen molar-refractivity contribution in [2.24, 2.45) is 5.92 Å². The molecule has 0 aliphatic rings. The van der Waals surface area contributed by atoms with Crippen molar-refractivity contribution in [3.8, 4) is 17.1 Å². The van der Waals surface area contributed by atoms with E-state index < -0.39 is 0 Å². The monoisotopic (exact) mass is 216 g/mol. The van der Waals surface area contributed by atoms with Gasteiger partial charge in [0.05, 0.1) is 5.69 Å². The van der Waals surface area contributed by atoms with Crippen LogP contribution in [0, 0.1) is 5.92 Å². The fraction of sp³-hybridized carbons (Fsp3) is 0.308. The summed E-state index contributed by atoms with van der Waals surface area (Å²) in [6.07, 6.45) is 0. The topological polar surface area (TPSA) is 38.0 Å². The molecule has 0 aliphatic heterocycles. The van der Waals surface area contributed by atoms with Gasteiger partial charge < -0.3 is 5.11 Å². The average Bonchev–Trinajstić information content (AvgIpc) is 2.61. The Morgan fingerprint density at radius 1 is 1.25 bits per heavy atom. The van der Waals surface area contributed by atoms with Gasteiger partial charge in [0.25, 0.3) is 0 Å². The van der Waals surface area contributed by atoms with Crippen LogP contribution in [-0.2, 0) is 6.54 Å². The first-order chi connectivity index (χ1) is 7.66. The molecular formula is C13H16N2O. The Labute approximate surface area is 95.3 Å². The second-order valence-electron chi connectivity index (χ2n) is 4.33. The van der Waals surface area contributed by atoms with Gasteiger partial charge in [0.1, 0.15) is 0 Å². The molecule has 0 radical (unpaired) electrons. The molecule has 0 bridgehead atoms. The van der Waals surface area contributed by atoms with Crippen LogP contribution in [0.25, 0.3) is 11.3 Å². The third-order valence-electron chi connectivity index (χ3n) is 2.37. The minimum Gasteiger partial charge on any atom is -0.493 e. The van der Waals surface area contributed by atoms with E-state index >= 15 is 0 Å². The lowest BCUT2D eigenvalue weighted by atomic mass is 10.2. The molecule has 0 atom stereocenters. The van der Waals surface area contributed by atoms with Crippen molar-refractivity contribution < 1.29 is 5.11 Å². The summed E-state index contributed by atoms with van der Waals surface area (Å²) in [5.41, 5.74) is 1.85. The molecule has 1 heterocycles. The smallest absolute Gasteiger partial charge is 0.209 e. The van der Waals surface area contributed by atoms with Gasteiger partial charge in [-0.05, 0) is 5.92 Å². The molecule has 0 spiro atoms. The largest absolute Gasteiger partial charge is 0.493 e. The number of hydrogen-bond acceptors (Lipinski definition) is 2. The number of nitrogens with zero attached hydrogens (tertiary/aromatic N) is 2. The zero-order chi connectivity index (χ0) is 11.5. The van der Waals surface area contributed by atoms with Gasteiger partial charge in [-0.25, -0.2) is 4.68 Å². The number of benzene rings is 1.